The highest BCUT2D eigenvalue weighted by Gasteiger charge is 2.40. The van der Waals surface area contributed by atoms with Crippen molar-refractivity contribution in [3.05, 3.63) is 35.4 Å². The number of aliphatic hydroxyl groups is 1. The number of hydrogen-bond acceptors (Lipinski definition) is 3. The zero-order valence-corrected chi connectivity index (χ0v) is 13.1. The van der Waals surface area contributed by atoms with E-state index in [1.54, 1.807) is 0 Å². The molecular weight excluding hydrogens is 266 g/mol. The number of aliphatic carboxylic acids is 1. The van der Waals surface area contributed by atoms with Gasteiger partial charge >= 0.3 is 5.97 Å². The maximum absolute atomic E-state index is 11.2. The second-order valence-corrected chi connectivity index (χ2v) is 7.10. The predicted molar refractivity (Wildman–Crippen MR) is 82.2 cm³/mol. The average Bonchev–Trinajstić information content (AvgIpc) is 2.38. The maximum Gasteiger partial charge on any atom is 0.337 e. The standard InChI is InChI=1S/C17H25NO3/c1-16(2,3)14-7-5-13(6-8-14)11-18-10-4-9-17(21,12-18)15(19)20/h5-8,21H,4,9-12H2,1-3H3,(H,19,20). The minimum atomic E-state index is -1.59. The molecule has 116 valence electrons. The fourth-order valence-corrected chi connectivity index (χ4v) is 2.80. The molecule has 1 heterocycles. The molecule has 1 fully saturated rings. The van der Waals surface area contributed by atoms with Crippen LogP contribution in [0.4, 0.5) is 0 Å². The molecule has 1 saturated heterocycles. The number of benzene rings is 1. The molecule has 0 bridgehead atoms. The van der Waals surface area contributed by atoms with Gasteiger partial charge in [-0.3, -0.25) is 4.90 Å². The van der Waals surface area contributed by atoms with Gasteiger partial charge in [-0.1, -0.05) is 45.0 Å². The second-order valence-electron chi connectivity index (χ2n) is 7.10. The van der Waals surface area contributed by atoms with E-state index in [0.717, 1.165) is 12.1 Å². The summed E-state index contributed by atoms with van der Waals surface area (Å²) in [4.78, 5) is 13.2. The first-order chi connectivity index (χ1) is 9.71. The van der Waals surface area contributed by atoms with E-state index in [2.05, 4.69) is 45.0 Å². The van der Waals surface area contributed by atoms with E-state index in [1.807, 2.05) is 4.90 Å². The van der Waals surface area contributed by atoms with Gasteiger partial charge in [0.15, 0.2) is 5.60 Å². The zero-order chi connectivity index (χ0) is 15.7. The van der Waals surface area contributed by atoms with Crippen LogP contribution < -0.4 is 0 Å². The lowest BCUT2D eigenvalue weighted by Gasteiger charge is -2.36. The Balaban J connectivity index is 2.03. The van der Waals surface area contributed by atoms with E-state index < -0.39 is 11.6 Å². The summed E-state index contributed by atoms with van der Waals surface area (Å²) < 4.78 is 0. The molecule has 4 nitrogen and oxygen atoms in total. The van der Waals surface area contributed by atoms with Crippen molar-refractivity contribution in [2.24, 2.45) is 0 Å². The molecule has 0 saturated carbocycles. The molecule has 4 heteroatoms. The molecule has 1 aliphatic rings. The first kappa shape index (κ1) is 16.0. The van der Waals surface area contributed by atoms with Gasteiger partial charge in [0.1, 0.15) is 0 Å². The van der Waals surface area contributed by atoms with Crippen LogP contribution in [0.3, 0.4) is 0 Å². The lowest BCUT2D eigenvalue weighted by atomic mass is 9.86. The molecule has 2 N–H and O–H groups in total. The highest BCUT2D eigenvalue weighted by atomic mass is 16.4. The molecule has 21 heavy (non-hydrogen) atoms. The quantitative estimate of drug-likeness (QED) is 0.897. The third-order valence-electron chi connectivity index (χ3n) is 4.17. The molecular formula is C17H25NO3. The van der Waals surface area contributed by atoms with E-state index in [9.17, 15) is 9.90 Å². The van der Waals surface area contributed by atoms with Crippen molar-refractivity contribution in [1.82, 2.24) is 4.90 Å². The Kier molecular flexibility index (Phi) is 4.40. The van der Waals surface area contributed by atoms with Gasteiger partial charge in [-0.15, -0.1) is 0 Å². The summed E-state index contributed by atoms with van der Waals surface area (Å²) >= 11 is 0. The van der Waals surface area contributed by atoms with Gasteiger partial charge in [-0.2, -0.15) is 0 Å². The lowest BCUT2D eigenvalue weighted by molar-refractivity contribution is -0.164. The molecule has 2 rings (SSSR count). The van der Waals surface area contributed by atoms with Crippen molar-refractivity contribution in [3.8, 4) is 0 Å². The summed E-state index contributed by atoms with van der Waals surface area (Å²) in [7, 11) is 0. The minimum Gasteiger partial charge on any atom is -0.479 e. The molecule has 0 aromatic heterocycles. The second kappa shape index (κ2) is 5.78. The highest BCUT2D eigenvalue weighted by molar-refractivity contribution is 5.77. The van der Waals surface area contributed by atoms with Crippen LogP contribution in [0.25, 0.3) is 0 Å². The molecule has 1 aromatic carbocycles. The molecule has 1 unspecified atom stereocenters. The molecule has 0 radical (unpaired) electrons. The molecule has 0 amide bonds. The number of β-amino-alcohol motifs (C(OH)–C–C–N with tert-alkyl or cyclic N) is 1. The number of carboxylic acids is 1. The largest absolute Gasteiger partial charge is 0.479 e. The number of carbonyl (C=O) groups is 1. The summed E-state index contributed by atoms with van der Waals surface area (Å²) in [6.45, 7) is 8.25. The van der Waals surface area contributed by atoms with Crippen LogP contribution >= 0.6 is 0 Å². The molecule has 1 aliphatic heterocycles. The lowest BCUT2D eigenvalue weighted by Crippen LogP contribution is -2.52. The van der Waals surface area contributed by atoms with Crippen LogP contribution in [-0.2, 0) is 16.8 Å². The van der Waals surface area contributed by atoms with Gasteiger partial charge in [0.25, 0.3) is 0 Å². The van der Waals surface area contributed by atoms with Gasteiger partial charge in [-0.25, -0.2) is 4.79 Å². The average molecular weight is 291 g/mol. The van der Waals surface area contributed by atoms with Crippen molar-refractivity contribution in [1.29, 1.82) is 0 Å². The van der Waals surface area contributed by atoms with E-state index in [4.69, 9.17) is 5.11 Å². The van der Waals surface area contributed by atoms with Crippen molar-refractivity contribution in [2.75, 3.05) is 13.1 Å². The fourth-order valence-electron chi connectivity index (χ4n) is 2.80. The Morgan fingerprint density at radius 2 is 1.90 bits per heavy atom. The van der Waals surface area contributed by atoms with Crippen LogP contribution in [0.5, 0.6) is 0 Å². The Morgan fingerprint density at radius 1 is 1.29 bits per heavy atom. The highest BCUT2D eigenvalue weighted by Crippen LogP contribution is 2.25. The van der Waals surface area contributed by atoms with Crippen LogP contribution in [0.15, 0.2) is 24.3 Å². The maximum atomic E-state index is 11.2. The first-order valence-corrected chi connectivity index (χ1v) is 7.48. The van der Waals surface area contributed by atoms with E-state index in [0.29, 0.717) is 19.4 Å². The van der Waals surface area contributed by atoms with Crippen LogP contribution in [-0.4, -0.2) is 39.8 Å². The number of hydrogen-bond donors (Lipinski definition) is 2. The molecule has 1 aromatic rings. The number of carboxylic acid groups (broad SMARTS) is 1. The predicted octanol–water partition coefficient (Wildman–Crippen LogP) is 2.40. The molecule has 0 aliphatic carbocycles. The van der Waals surface area contributed by atoms with Crippen LogP contribution in [0.1, 0.15) is 44.7 Å². The molecule has 1 atom stereocenters. The van der Waals surface area contributed by atoms with Gasteiger partial charge in [0, 0.05) is 13.1 Å². The summed E-state index contributed by atoms with van der Waals surface area (Å²) in [5, 5.41) is 19.2. The number of piperidine rings is 1. The normalized spacial score (nSPS) is 24.0. The summed E-state index contributed by atoms with van der Waals surface area (Å²) in [6, 6.07) is 8.44. The van der Waals surface area contributed by atoms with Crippen molar-refractivity contribution < 1.29 is 15.0 Å². The summed E-state index contributed by atoms with van der Waals surface area (Å²) in [5.41, 5.74) is 0.973. The molecule has 0 spiro atoms. The van der Waals surface area contributed by atoms with E-state index >= 15 is 0 Å². The number of nitrogens with zero attached hydrogens (tertiary/aromatic N) is 1. The van der Waals surface area contributed by atoms with Crippen molar-refractivity contribution >= 4 is 5.97 Å². The summed E-state index contributed by atoms with van der Waals surface area (Å²) in [6.07, 6.45) is 1.05. The SMILES string of the molecule is CC(C)(C)c1ccc(CN2CCCC(O)(C(=O)O)C2)cc1. The smallest absolute Gasteiger partial charge is 0.337 e. The topological polar surface area (TPSA) is 60.8 Å². The Hall–Kier alpha value is -1.39. The monoisotopic (exact) mass is 291 g/mol. The minimum absolute atomic E-state index is 0.132. The van der Waals surface area contributed by atoms with E-state index in [-0.39, 0.29) is 12.0 Å². The van der Waals surface area contributed by atoms with Crippen molar-refractivity contribution in [3.63, 3.8) is 0 Å². The zero-order valence-electron chi connectivity index (χ0n) is 13.1. The van der Waals surface area contributed by atoms with E-state index in [1.165, 1.54) is 5.56 Å². The van der Waals surface area contributed by atoms with Gasteiger partial charge in [0.05, 0.1) is 0 Å². The van der Waals surface area contributed by atoms with Crippen LogP contribution in [0.2, 0.25) is 0 Å². The van der Waals surface area contributed by atoms with Crippen molar-refractivity contribution in [2.45, 2.75) is 51.2 Å². The number of rotatable bonds is 3. The fraction of sp³-hybridized carbons (Fsp3) is 0.588. The van der Waals surface area contributed by atoms with Gasteiger partial charge in [0.2, 0.25) is 0 Å². The number of likely N-dealkylation sites (tertiary alicyclic amines) is 1. The van der Waals surface area contributed by atoms with Crippen LogP contribution in [0, 0.1) is 0 Å². The third kappa shape index (κ3) is 3.83. The first-order valence-electron chi connectivity index (χ1n) is 7.48. The van der Waals surface area contributed by atoms with Gasteiger partial charge < -0.3 is 10.2 Å². The Bertz CT molecular complexity index is 504. The Morgan fingerprint density at radius 3 is 2.43 bits per heavy atom. The third-order valence-corrected chi connectivity index (χ3v) is 4.17. The summed E-state index contributed by atoms with van der Waals surface area (Å²) in [5.74, 6) is -1.12. The van der Waals surface area contributed by atoms with Gasteiger partial charge in [-0.05, 0) is 35.9 Å². The Labute approximate surface area is 126 Å².